The van der Waals surface area contributed by atoms with Crippen molar-refractivity contribution in [3.63, 3.8) is 0 Å². The van der Waals surface area contributed by atoms with Crippen molar-refractivity contribution in [2.45, 2.75) is 0 Å². The van der Waals surface area contributed by atoms with Crippen LogP contribution in [0.15, 0.2) is 71.2 Å². The van der Waals surface area contributed by atoms with Crippen LogP contribution in [0.5, 0.6) is 5.75 Å². The van der Waals surface area contributed by atoms with Gasteiger partial charge in [-0.25, -0.2) is 5.43 Å². The number of phenolic OH excluding ortho intramolecular Hbond substituents is 1. The Morgan fingerprint density at radius 1 is 1.25 bits per heavy atom. The van der Waals surface area contributed by atoms with Crippen molar-refractivity contribution in [3.8, 4) is 5.75 Å². The van der Waals surface area contributed by atoms with E-state index in [0.717, 1.165) is 17.3 Å². The van der Waals surface area contributed by atoms with E-state index in [1.54, 1.807) is 48.6 Å². The molecule has 28 heavy (non-hydrogen) atoms. The molecular formula is C20H16ClN3O3S. The summed E-state index contributed by atoms with van der Waals surface area (Å²) < 4.78 is 0. The first-order valence-electron chi connectivity index (χ1n) is 8.23. The van der Waals surface area contributed by atoms with E-state index >= 15 is 0 Å². The van der Waals surface area contributed by atoms with Gasteiger partial charge >= 0.3 is 0 Å². The predicted octanol–water partition coefficient (Wildman–Crippen LogP) is 3.85. The van der Waals surface area contributed by atoms with Crippen LogP contribution in [-0.4, -0.2) is 33.5 Å². The monoisotopic (exact) mass is 413 g/mol. The van der Waals surface area contributed by atoms with Crippen molar-refractivity contribution in [1.29, 1.82) is 0 Å². The van der Waals surface area contributed by atoms with Crippen LogP contribution in [-0.2, 0) is 4.79 Å². The number of amidine groups is 1. The molecule has 6 nitrogen and oxygen atoms in total. The molecule has 2 aromatic carbocycles. The third kappa shape index (κ3) is 4.44. The van der Waals surface area contributed by atoms with E-state index in [1.165, 1.54) is 17.0 Å². The smallest absolute Gasteiger partial charge is 0.275 e. The van der Waals surface area contributed by atoms with Crippen LogP contribution in [0.25, 0.3) is 6.08 Å². The van der Waals surface area contributed by atoms with E-state index in [9.17, 15) is 14.7 Å². The second kappa shape index (κ2) is 8.77. The van der Waals surface area contributed by atoms with Crippen LogP contribution in [0.1, 0.15) is 15.9 Å². The van der Waals surface area contributed by atoms with Gasteiger partial charge < -0.3 is 5.11 Å². The molecule has 3 rings (SSSR count). The van der Waals surface area contributed by atoms with Gasteiger partial charge in [-0.3, -0.25) is 14.5 Å². The number of nitrogens with zero attached hydrogens (tertiary/aromatic N) is 2. The van der Waals surface area contributed by atoms with Crippen molar-refractivity contribution in [2.75, 3.05) is 6.54 Å². The van der Waals surface area contributed by atoms with Gasteiger partial charge in [0, 0.05) is 11.6 Å². The summed E-state index contributed by atoms with van der Waals surface area (Å²) in [6.07, 6.45) is 3.30. The summed E-state index contributed by atoms with van der Waals surface area (Å²) in [4.78, 5) is 26.8. The Kier molecular flexibility index (Phi) is 6.18. The van der Waals surface area contributed by atoms with Gasteiger partial charge in [0.1, 0.15) is 5.75 Å². The molecular weight excluding hydrogens is 398 g/mol. The lowest BCUT2D eigenvalue weighted by Gasteiger charge is -2.12. The molecule has 1 aliphatic rings. The van der Waals surface area contributed by atoms with Gasteiger partial charge in [-0.2, -0.15) is 0 Å². The van der Waals surface area contributed by atoms with Crippen molar-refractivity contribution in [3.05, 3.63) is 82.2 Å². The van der Waals surface area contributed by atoms with Gasteiger partial charge in [0.15, 0.2) is 5.17 Å². The Morgan fingerprint density at radius 3 is 2.64 bits per heavy atom. The highest BCUT2D eigenvalue weighted by molar-refractivity contribution is 8.18. The van der Waals surface area contributed by atoms with Crippen LogP contribution < -0.4 is 5.43 Å². The van der Waals surface area contributed by atoms with Gasteiger partial charge in [-0.1, -0.05) is 41.9 Å². The SMILES string of the molecule is C=CCN1C(=O)C(=Cc2ccc(Cl)cc2)SC1=NNC(=O)c1ccccc1O. The molecule has 2 amide bonds. The zero-order valence-electron chi connectivity index (χ0n) is 14.6. The van der Waals surface area contributed by atoms with E-state index in [0.29, 0.717) is 15.1 Å². The molecule has 1 aliphatic heterocycles. The predicted molar refractivity (Wildman–Crippen MR) is 112 cm³/mol. The maximum Gasteiger partial charge on any atom is 0.275 e. The molecule has 8 heteroatoms. The Balaban J connectivity index is 1.83. The molecule has 1 heterocycles. The highest BCUT2D eigenvalue weighted by Crippen LogP contribution is 2.32. The molecule has 0 radical (unpaired) electrons. The maximum absolute atomic E-state index is 12.7. The Labute approximate surface area is 171 Å². The van der Waals surface area contributed by atoms with Gasteiger partial charge in [-0.05, 0) is 47.7 Å². The van der Waals surface area contributed by atoms with Gasteiger partial charge in [0.2, 0.25) is 0 Å². The lowest BCUT2D eigenvalue weighted by molar-refractivity contribution is -0.121. The largest absolute Gasteiger partial charge is 0.507 e. The minimum atomic E-state index is -0.577. The highest BCUT2D eigenvalue weighted by Gasteiger charge is 2.33. The van der Waals surface area contributed by atoms with Crippen molar-refractivity contribution >= 4 is 46.4 Å². The summed E-state index contributed by atoms with van der Waals surface area (Å²) in [5, 5.41) is 14.7. The van der Waals surface area contributed by atoms with Crippen LogP contribution in [0.2, 0.25) is 5.02 Å². The Bertz CT molecular complexity index is 986. The summed E-state index contributed by atoms with van der Waals surface area (Å²) in [5.41, 5.74) is 3.29. The second-order valence-electron chi connectivity index (χ2n) is 5.72. The van der Waals surface area contributed by atoms with E-state index in [-0.39, 0.29) is 23.8 Å². The molecule has 0 bridgehead atoms. The molecule has 0 aliphatic carbocycles. The number of thioether (sulfide) groups is 1. The molecule has 0 saturated carbocycles. The summed E-state index contributed by atoms with van der Waals surface area (Å²) in [7, 11) is 0. The van der Waals surface area contributed by atoms with Crippen LogP contribution >= 0.6 is 23.4 Å². The Morgan fingerprint density at radius 2 is 1.96 bits per heavy atom. The number of nitrogens with one attached hydrogen (secondary N) is 1. The average molecular weight is 414 g/mol. The number of amides is 2. The fourth-order valence-corrected chi connectivity index (χ4v) is 3.49. The van der Waals surface area contributed by atoms with Gasteiger partial charge in [-0.15, -0.1) is 11.7 Å². The highest BCUT2D eigenvalue weighted by atomic mass is 35.5. The van der Waals surface area contributed by atoms with Crippen molar-refractivity contribution in [1.82, 2.24) is 10.3 Å². The normalized spacial score (nSPS) is 16.6. The third-order valence-electron chi connectivity index (χ3n) is 3.77. The first kappa shape index (κ1) is 19.7. The quantitative estimate of drug-likeness (QED) is 0.443. The van der Waals surface area contributed by atoms with Gasteiger partial charge in [0.05, 0.1) is 10.5 Å². The number of hydrogen-bond acceptors (Lipinski definition) is 5. The van der Waals surface area contributed by atoms with Crippen molar-refractivity contribution < 1.29 is 14.7 Å². The molecule has 0 spiro atoms. The average Bonchev–Trinajstić information content (AvgIpc) is 2.97. The standard InChI is InChI=1S/C20H16ClN3O3S/c1-2-11-24-19(27)17(12-13-7-9-14(21)10-8-13)28-20(24)23-22-18(26)15-5-3-4-6-16(15)25/h2-10,12,25H,1,11H2,(H,22,26). The number of carbonyl (C=O) groups is 2. The summed E-state index contributed by atoms with van der Waals surface area (Å²) in [6, 6.07) is 13.2. The number of rotatable bonds is 5. The topological polar surface area (TPSA) is 82.0 Å². The number of benzene rings is 2. The van der Waals surface area contributed by atoms with Gasteiger partial charge in [0.25, 0.3) is 11.8 Å². The molecule has 0 aromatic heterocycles. The van der Waals surface area contributed by atoms with E-state index in [4.69, 9.17) is 11.6 Å². The third-order valence-corrected chi connectivity index (χ3v) is 5.03. The first-order valence-corrected chi connectivity index (χ1v) is 9.43. The number of hydrazone groups is 1. The zero-order valence-corrected chi connectivity index (χ0v) is 16.2. The minimum absolute atomic E-state index is 0.0911. The molecule has 1 saturated heterocycles. The second-order valence-corrected chi connectivity index (χ2v) is 7.16. The molecule has 1 fully saturated rings. The van der Waals surface area contributed by atoms with Crippen molar-refractivity contribution in [2.24, 2.45) is 5.10 Å². The number of aromatic hydroxyl groups is 1. The molecule has 2 aromatic rings. The lowest BCUT2D eigenvalue weighted by Crippen LogP contribution is -2.31. The van der Waals surface area contributed by atoms with Crippen LogP contribution in [0.4, 0.5) is 0 Å². The number of phenols is 1. The number of halogens is 1. The van der Waals surface area contributed by atoms with Crippen LogP contribution in [0.3, 0.4) is 0 Å². The molecule has 2 N–H and O–H groups in total. The fourth-order valence-electron chi connectivity index (χ4n) is 2.42. The maximum atomic E-state index is 12.7. The minimum Gasteiger partial charge on any atom is -0.507 e. The Hall–Kier alpha value is -3.03. The number of carbonyl (C=O) groups excluding carboxylic acids is 2. The number of hydrogen-bond donors (Lipinski definition) is 2. The summed E-state index contributed by atoms with van der Waals surface area (Å²) in [5.74, 6) is -0.968. The molecule has 0 atom stereocenters. The lowest BCUT2D eigenvalue weighted by atomic mass is 10.2. The summed E-state index contributed by atoms with van der Waals surface area (Å²) >= 11 is 7.02. The number of para-hydroxylation sites is 1. The fraction of sp³-hybridized carbons (Fsp3) is 0.0500. The van der Waals surface area contributed by atoms with E-state index in [2.05, 4.69) is 17.1 Å². The zero-order chi connectivity index (χ0) is 20.1. The molecule has 0 unspecified atom stereocenters. The first-order chi connectivity index (χ1) is 13.5. The van der Waals surface area contributed by atoms with E-state index < -0.39 is 5.91 Å². The van der Waals surface area contributed by atoms with E-state index in [1.807, 2.05) is 0 Å². The molecule has 142 valence electrons. The summed E-state index contributed by atoms with van der Waals surface area (Å²) in [6.45, 7) is 3.90. The van der Waals surface area contributed by atoms with Crippen LogP contribution in [0, 0.1) is 0 Å².